The molecule has 0 N–H and O–H groups in total. The first-order valence-corrected chi connectivity index (χ1v) is 20.5. The molecule has 0 bridgehead atoms. The second-order valence-electron chi connectivity index (χ2n) is 16.3. The van der Waals surface area contributed by atoms with E-state index in [1.807, 2.05) is 0 Å². The molecule has 1 aliphatic carbocycles. The average molecular weight is 759 g/mol. The minimum atomic E-state index is 0. The summed E-state index contributed by atoms with van der Waals surface area (Å²) in [6.07, 6.45) is 4.78. The second kappa shape index (κ2) is 14.5. The molecular weight excluding hydrogens is 708 g/mol. The van der Waals surface area contributed by atoms with Gasteiger partial charge in [0, 0.05) is 41.6 Å². The van der Waals surface area contributed by atoms with Crippen LogP contribution in [0, 0.1) is 0 Å². The molecule has 0 heterocycles. The van der Waals surface area contributed by atoms with Gasteiger partial charge in [0.1, 0.15) is 0 Å². The second-order valence-corrected chi connectivity index (χ2v) is 17.3. The average Bonchev–Trinajstić information content (AvgIpc) is 3.65. The van der Waals surface area contributed by atoms with Gasteiger partial charge in [-0.3, -0.25) is 0 Å². The van der Waals surface area contributed by atoms with Gasteiger partial charge in [-0.25, -0.2) is 0 Å². The molecular formula is C49H51SiZr-. The van der Waals surface area contributed by atoms with Crippen molar-refractivity contribution in [3.05, 3.63) is 143 Å². The van der Waals surface area contributed by atoms with E-state index < -0.39 is 0 Å². The van der Waals surface area contributed by atoms with Crippen LogP contribution in [0.5, 0.6) is 0 Å². The van der Waals surface area contributed by atoms with Crippen molar-refractivity contribution in [2.24, 2.45) is 0 Å². The largest absolute Gasteiger partial charge is 0.126 e. The summed E-state index contributed by atoms with van der Waals surface area (Å²) in [7, 11) is 1.08. The van der Waals surface area contributed by atoms with Gasteiger partial charge in [0.15, 0.2) is 0 Å². The van der Waals surface area contributed by atoms with E-state index in [0.717, 1.165) is 22.4 Å². The molecule has 0 saturated carbocycles. The molecule has 2 heteroatoms. The number of rotatable bonds is 4. The van der Waals surface area contributed by atoms with Crippen LogP contribution < -0.4 is 0 Å². The van der Waals surface area contributed by atoms with Gasteiger partial charge >= 0.3 is 0 Å². The predicted molar refractivity (Wildman–Crippen MR) is 224 cm³/mol. The Morgan fingerprint density at radius 1 is 0.647 bits per heavy atom. The van der Waals surface area contributed by atoms with Crippen molar-refractivity contribution in [3.63, 3.8) is 0 Å². The molecule has 8 rings (SSSR count). The zero-order valence-electron chi connectivity index (χ0n) is 32.0. The molecule has 0 spiro atoms. The Morgan fingerprint density at radius 3 is 2.00 bits per heavy atom. The van der Waals surface area contributed by atoms with E-state index in [1.165, 1.54) is 82.0 Å². The number of hydrogen-bond donors (Lipinski definition) is 0. The van der Waals surface area contributed by atoms with E-state index in [1.54, 1.807) is 5.57 Å². The van der Waals surface area contributed by atoms with Gasteiger partial charge in [0.2, 0.25) is 0 Å². The van der Waals surface area contributed by atoms with Crippen LogP contribution in [0.4, 0.5) is 0 Å². The molecule has 0 nitrogen and oxygen atoms in total. The van der Waals surface area contributed by atoms with E-state index in [-0.39, 0.29) is 43.0 Å². The summed E-state index contributed by atoms with van der Waals surface area (Å²) < 4.78 is 0. The van der Waals surface area contributed by atoms with Crippen molar-refractivity contribution in [3.8, 4) is 11.1 Å². The number of fused-ring (bicyclic) bond motifs is 7. The third-order valence-corrected chi connectivity index (χ3v) is 10.6. The molecule has 0 saturated heterocycles. The Labute approximate surface area is 327 Å². The van der Waals surface area contributed by atoms with Crippen molar-refractivity contribution in [2.45, 2.75) is 91.1 Å². The van der Waals surface area contributed by atoms with Crippen LogP contribution >= 0.6 is 0 Å². The van der Waals surface area contributed by atoms with E-state index in [2.05, 4.69) is 177 Å². The zero-order chi connectivity index (χ0) is 35.4. The predicted octanol–water partition coefficient (Wildman–Crippen LogP) is 14.4. The first-order chi connectivity index (χ1) is 24.0. The van der Waals surface area contributed by atoms with E-state index in [0.29, 0.717) is 0 Å². The fraction of sp³-hybridized carbons (Fsp3) is 0.286. The first-order valence-electron chi connectivity index (χ1n) is 18.5. The topological polar surface area (TPSA) is 0 Å². The van der Waals surface area contributed by atoms with Gasteiger partial charge in [0.05, 0.1) is 0 Å². The van der Waals surface area contributed by atoms with Crippen LogP contribution in [-0.2, 0) is 37.0 Å². The summed E-state index contributed by atoms with van der Waals surface area (Å²) in [5.74, 6) is 0.230. The molecule has 0 amide bonds. The van der Waals surface area contributed by atoms with Crippen molar-refractivity contribution < 1.29 is 26.2 Å². The molecule has 1 aliphatic rings. The standard InChI is InChI=1S/C47H45.C2H6Si.Zr/c1-8-14-30-27-41-37(40-26-29-15-9-10-16-33(29)35-17-11-12-18-36(35)40)19-13-20-39(41)44(30)45-42-28-31-25-32(46(2,3)4)21-22-34(31)38(42)23-24-43(45)47(5,6)7;1-3-2;/h9-13,15-28,44H,8,14H2,1-7H3;1-2H3;/q-1;;. The maximum absolute atomic E-state index is 2.56. The Balaban J connectivity index is 0.00000108. The van der Waals surface area contributed by atoms with Gasteiger partial charge in [-0.05, 0) is 67.1 Å². The molecule has 2 radical (unpaired) electrons. The summed E-state index contributed by atoms with van der Waals surface area (Å²) in [5, 5.41) is 10.8. The Bertz CT molecular complexity index is 2410. The molecule has 7 aromatic carbocycles. The minimum absolute atomic E-state index is 0. The van der Waals surface area contributed by atoms with Crippen LogP contribution in [0.2, 0.25) is 13.1 Å². The third-order valence-electron chi connectivity index (χ3n) is 10.6. The van der Waals surface area contributed by atoms with Crippen LogP contribution in [0.25, 0.3) is 60.3 Å². The smallest absolute Gasteiger partial charge is 0.0307 e. The molecule has 1 atom stereocenters. The van der Waals surface area contributed by atoms with Crippen LogP contribution in [-0.4, -0.2) is 9.52 Å². The summed E-state index contributed by atoms with van der Waals surface area (Å²) in [5.41, 5.74) is 11.5. The van der Waals surface area contributed by atoms with Crippen molar-refractivity contribution in [2.75, 3.05) is 0 Å². The van der Waals surface area contributed by atoms with E-state index >= 15 is 0 Å². The maximum atomic E-state index is 2.56. The quantitative estimate of drug-likeness (QED) is 0.0953. The molecule has 51 heavy (non-hydrogen) atoms. The summed E-state index contributed by atoms with van der Waals surface area (Å²) in [6.45, 7) is 20.7. The van der Waals surface area contributed by atoms with E-state index in [9.17, 15) is 0 Å². The number of hydrogen-bond acceptors (Lipinski definition) is 0. The van der Waals surface area contributed by atoms with Gasteiger partial charge in [-0.2, -0.15) is 0 Å². The summed E-state index contributed by atoms with van der Waals surface area (Å²) in [4.78, 5) is 0. The van der Waals surface area contributed by atoms with Crippen LogP contribution in [0.15, 0.2) is 115 Å². The molecule has 0 aromatic heterocycles. The van der Waals surface area contributed by atoms with Crippen molar-refractivity contribution in [1.29, 1.82) is 0 Å². The summed E-state index contributed by atoms with van der Waals surface area (Å²) in [6, 6.07) is 41.8. The SMILES string of the molecule is CCCC1=Cc2c(-c3cc4ccccc4c4ccccc34)cccc2C1c1c(C(C)(C)C)ccc2c1[cH-]c1cc(C(C)(C)C)ccc12.C[Si]C.[Zr]. The summed E-state index contributed by atoms with van der Waals surface area (Å²) >= 11 is 0. The molecule has 1 unspecified atom stereocenters. The van der Waals surface area contributed by atoms with Crippen LogP contribution in [0.1, 0.15) is 95.0 Å². The maximum Gasteiger partial charge on any atom is 0.0307 e. The minimum Gasteiger partial charge on any atom is -0.126 e. The van der Waals surface area contributed by atoms with Crippen LogP contribution in [0.3, 0.4) is 0 Å². The molecule has 0 fully saturated rings. The Kier molecular flexibility index (Phi) is 10.6. The van der Waals surface area contributed by atoms with Crippen molar-refractivity contribution >= 4 is 58.7 Å². The molecule has 256 valence electrons. The van der Waals surface area contributed by atoms with Crippen molar-refractivity contribution in [1.82, 2.24) is 0 Å². The number of benzene rings is 6. The normalized spacial score (nSPS) is 14.4. The number of allylic oxidation sites excluding steroid dienone is 1. The monoisotopic (exact) mass is 757 g/mol. The van der Waals surface area contributed by atoms with Gasteiger partial charge in [-0.1, -0.05) is 187 Å². The van der Waals surface area contributed by atoms with Gasteiger partial charge in [-0.15, -0.1) is 33.7 Å². The van der Waals surface area contributed by atoms with Gasteiger partial charge in [0.25, 0.3) is 0 Å². The van der Waals surface area contributed by atoms with Gasteiger partial charge < -0.3 is 0 Å². The fourth-order valence-electron chi connectivity index (χ4n) is 8.36. The molecule has 7 aromatic rings. The molecule has 0 aliphatic heterocycles. The van der Waals surface area contributed by atoms with E-state index in [4.69, 9.17) is 0 Å². The first kappa shape index (κ1) is 37.3. The fourth-order valence-corrected chi connectivity index (χ4v) is 8.36. The third kappa shape index (κ3) is 6.69. The Hall–Kier alpha value is -3.45. The zero-order valence-corrected chi connectivity index (χ0v) is 35.4. The Morgan fingerprint density at radius 2 is 1.31 bits per heavy atom.